The van der Waals surface area contributed by atoms with E-state index in [0.717, 1.165) is 0 Å². The maximum absolute atomic E-state index is 5.25. The highest BCUT2D eigenvalue weighted by Gasteiger charge is -0.0623. The number of rotatable bonds is 0. The van der Waals surface area contributed by atoms with Gasteiger partial charge in [0.25, 0.3) is 0 Å². The molecule has 0 aromatic heterocycles. The topological polar surface area (TPSA) is 140 Å². The normalized spacial score (nSPS) is 1.40. The van der Waals surface area contributed by atoms with Crippen molar-refractivity contribution in [3.8, 4) is 0 Å². The second-order valence-electron chi connectivity index (χ2n) is 0. The fourth-order valence-electron chi connectivity index (χ4n) is 0. The average molecular weight is 329 g/mol. The molecule has 160 valence electrons. The molecule has 0 rings (SSSR count). The molecule has 0 saturated heterocycles. The molecule has 0 aromatic rings. The quantitative estimate of drug-likeness (QED) is 0.350. The summed E-state index contributed by atoms with van der Waals surface area (Å²) in [7, 11) is 0. The highest BCUT2D eigenvalue weighted by Crippen LogP contribution is 0.159. The molecule has 0 aliphatic carbocycles. The molecule has 0 bridgehead atoms. The molecular weight excluding hydrogens is 248 g/mol. The Morgan fingerprint density at radius 1 is 0.200 bits per heavy atom. The Kier molecular flexibility index (Phi) is 5590000. The van der Waals surface area contributed by atoms with Gasteiger partial charge in [0, 0.05) is 0 Å². The first-order chi connectivity index (χ1) is 4.00. The van der Waals surface area contributed by atoms with E-state index in [1.807, 2.05) is 0 Å². The summed E-state index contributed by atoms with van der Waals surface area (Å²) in [5, 5.41) is 0. The van der Waals surface area contributed by atoms with E-state index in [4.69, 9.17) is 5.65 Å². The highest BCUT2D eigenvalue weighted by atomic mass is 14.0. The van der Waals surface area contributed by atoms with E-state index in [2.05, 4.69) is 24.6 Å². The van der Waals surface area contributed by atoms with Crippen LogP contribution in [0.1, 0.15) is 119 Å². The highest BCUT2D eigenvalue weighted by molar-refractivity contribution is 2.52. The molecule has 0 amide bonds. The summed E-state index contributed by atoms with van der Waals surface area (Å²) >= 11 is 0. The molecule has 0 fully saturated rings. The van der Waals surface area contributed by atoms with Gasteiger partial charge in [-0.2, -0.15) is 0 Å². The van der Waals surface area contributed by atoms with Crippen LogP contribution in [0.2, 0.25) is 5.65 Å². The standard InChI is InChI=1S/16CH4.4H3N/h16*1H4;4*1H3/i/hD4. The Hall–Kier alpha value is -0.160. The first kappa shape index (κ1) is 478. The molecule has 12 N–H and O–H groups in total. The molecule has 0 unspecified atom stereocenters. The molecule has 0 aromatic carbocycles. The van der Waals surface area contributed by atoms with Crippen molar-refractivity contribution in [1.29, 1.82) is 0 Å². The Morgan fingerprint density at radius 3 is 0.200 bits per heavy atom. The van der Waals surface area contributed by atoms with Crippen molar-refractivity contribution in [2.45, 2.75) is 119 Å². The van der Waals surface area contributed by atoms with Crippen LogP contribution in [0.15, 0.2) is 0 Å². The summed E-state index contributed by atoms with van der Waals surface area (Å²) in [5.41, 5.74) is 0. The van der Waals surface area contributed by atoms with Crippen LogP contribution >= 0.6 is 0 Å². The van der Waals surface area contributed by atoms with Crippen molar-refractivity contribution in [1.82, 2.24) is 24.6 Å². The van der Waals surface area contributed by atoms with E-state index in [0.29, 0.717) is 0 Å². The zero-order valence-electron chi connectivity index (χ0n) is 6.31. The summed E-state index contributed by atoms with van der Waals surface area (Å²) in [5.74, 6) is 0. The van der Waals surface area contributed by atoms with E-state index in [-0.39, 0.29) is 119 Å². The lowest BCUT2D eigenvalue weighted by molar-refractivity contribution is 2.13. The maximum atomic E-state index is 5.25. The van der Waals surface area contributed by atoms with Crippen LogP contribution in [0.4, 0.5) is 0 Å². The average Bonchev–Trinajstić information content (AvgIpc) is 2.03. The van der Waals surface area contributed by atoms with Crippen LogP contribution in [-0.4, -0.2) is 0 Å². The van der Waals surface area contributed by atoms with Gasteiger partial charge >= 0.3 is 0 Å². The number of hydrogen-bond acceptors (Lipinski definition) is 4. The van der Waals surface area contributed by atoms with Gasteiger partial charge < -0.3 is 24.6 Å². The van der Waals surface area contributed by atoms with Crippen LogP contribution in [0.3, 0.4) is 0 Å². The molecule has 0 atom stereocenters. The molecule has 0 saturated carbocycles. The van der Waals surface area contributed by atoms with E-state index in [1.54, 1.807) is 0 Å². The van der Waals surface area contributed by atoms with Crippen molar-refractivity contribution in [2.24, 2.45) is 0 Å². The Balaban J connectivity index is -0.000000000404. The van der Waals surface area contributed by atoms with Gasteiger partial charge in [0.2, 0.25) is 0 Å². The zero-order chi connectivity index (χ0) is 8.00. The summed E-state index contributed by atoms with van der Waals surface area (Å²) < 4.78 is 21.0. The lowest BCUT2D eigenvalue weighted by Crippen LogP contribution is -0.482. The van der Waals surface area contributed by atoms with Crippen LogP contribution in [-0.2, 0) is 0 Å². The van der Waals surface area contributed by atoms with Crippen LogP contribution in [0.5, 0.6) is 0 Å². The zero-order valence-corrected chi connectivity index (χ0v) is 2.31. The molecule has 4 nitrogen and oxygen atoms in total. The molecule has 0 heterocycles. The summed E-state index contributed by atoms with van der Waals surface area (Å²) in [6.45, 7) is 0. The minimum Gasteiger partial charge on any atom is -0.344 e. The van der Waals surface area contributed by atoms with Crippen LogP contribution in [0.25, 0.3) is 0 Å². The minimum absolute atomic E-state index is 0. The van der Waals surface area contributed by atoms with Gasteiger partial charge in [0.15, 0.2) is 0 Å². The van der Waals surface area contributed by atoms with Gasteiger partial charge in [0.05, 0.1) is 0 Å². The predicted molar refractivity (Wildman–Crippen MR) is 128 cm³/mol. The van der Waals surface area contributed by atoms with E-state index >= 15 is 0 Å². The van der Waals surface area contributed by atoms with Gasteiger partial charge in [-0.3, -0.25) is 0 Å². The van der Waals surface area contributed by atoms with E-state index in [1.165, 1.54) is 0 Å². The molecule has 20 heavy (non-hydrogen) atoms. The molecule has 0 radical (unpaired) electrons. The second-order valence-corrected chi connectivity index (χ2v) is 0. The summed E-state index contributed by atoms with van der Waals surface area (Å²) in [6.07, 6.45) is 15.0. The fraction of sp³-hybridized carbons (Fsp3) is 1.00. The number of hydrogen-bond donors (Lipinski definition) is 4. The van der Waals surface area contributed by atoms with Gasteiger partial charge in [-0.25, -0.2) is 0 Å². The first-order valence-electron chi connectivity index (χ1n) is 2.31. The van der Waals surface area contributed by atoms with Crippen LogP contribution < -0.4 is 24.6 Å². The van der Waals surface area contributed by atoms with Crippen molar-refractivity contribution < 1.29 is 5.65 Å². The smallest absolute Gasteiger partial charge is 0.115 e. The first-order valence-corrected chi connectivity index (χ1v) is 0. The van der Waals surface area contributed by atoms with Crippen molar-refractivity contribution in [3.63, 3.8) is 0 Å². The van der Waals surface area contributed by atoms with E-state index in [9.17, 15) is 0 Å². The lowest BCUT2D eigenvalue weighted by atomic mass is 12.0. The third-order valence-corrected chi connectivity index (χ3v) is 0. The van der Waals surface area contributed by atoms with Gasteiger partial charge in [0.1, 0.15) is 5.65 Å². The third-order valence-electron chi connectivity index (χ3n) is 0. The summed E-state index contributed by atoms with van der Waals surface area (Å²) in [4.78, 5) is 0. The molecule has 0 aliphatic heterocycles. The Bertz CT molecular complexity index is 30.0. The second kappa shape index (κ2) is 234000. The predicted octanol–water partition coefficient (Wildman–Crippen LogP) is 10.8. The summed E-state index contributed by atoms with van der Waals surface area (Å²) in [6, 6.07) is 0. The largest absolute Gasteiger partial charge is 0.344 e. The molecule has 0 spiro atoms. The molecule has 0 aliphatic rings. The molecular formula is C16H76N4. The molecule has 4 heteroatoms. The lowest BCUT2D eigenvalue weighted by Gasteiger charge is -0.345. The van der Waals surface area contributed by atoms with E-state index < -0.39 is 0 Å². The van der Waals surface area contributed by atoms with Crippen molar-refractivity contribution >= 4 is 0 Å². The third kappa shape index (κ3) is 198000. The van der Waals surface area contributed by atoms with Crippen LogP contribution in [0, 0.1) is 0 Å². The van der Waals surface area contributed by atoms with Crippen molar-refractivity contribution in [3.05, 3.63) is 0 Å². The van der Waals surface area contributed by atoms with Crippen molar-refractivity contribution in [2.75, 3.05) is 0 Å². The maximum Gasteiger partial charge on any atom is 0.115 e. The van der Waals surface area contributed by atoms with Gasteiger partial charge in [-0.05, 0) is 0 Å². The Labute approximate surface area is 150 Å². The fourth-order valence-corrected chi connectivity index (χ4v) is 0. The minimum atomic E-state index is 0. The monoisotopic (exact) mass is 329 g/mol. The van der Waals surface area contributed by atoms with Gasteiger partial charge in [-0.15, -0.1) is 0 Å². The Morgan fingerprint density at radius 2 is 0.200 bits per heavy atom. The SMILES string of the molecule is C.C.C.C.C.C.C.C.C.C.C.C.C.C.C.C.[2H]N.[2H]N.[2H]N.[2H]N. The van der Waals surface area contributed by atoms with Gasteiger partial charge in [-0.1, -0.05) is 119 Å².